The van der Waals surface area contributed by atoms with Gasteiger partial charge in [0, 0.05) is 6.54 Å². The summed E-state index contributed by atoms with van der Waals surface area (Å²) in [7, 11) is 0. The molecule has 4 atom stereocenters. The smallest absolute Gasteiger partial charge is 0.410 e. The van der Waals surface area contributed by atoms with Crippen molar-refractivity contribution in [1.29, 1.82) is 0 Å². The average molecular weight is 425 g/mol. The highest BCUT2D eigenvalue weighted by molar-refractivity contribution is 14.1. The number of alkyl halides is 1. The lowest BCUT2D eigenvalue weighted by Gasteiger charge is -2.34. The largest absolute Gasteiger partial charge is 0.444 e. The molecule has 5 nitrogen and oxygen atoms in total. The molecule has 2 rings (SSSR count). The van der Waals surface area contributed by atoms with Gasteiger partial charge in [-0.1, -0.05) is 22.6 Å². The third kappa shape index (κ3) is 5.23. The first kappa shape index (κ1) is 18.3. The van der Waals surface area contributed by atoms with E-state index in [4.69, 9.17) is 14.2 Å². The van der Waals surface area contributed by atoms with E-state index in [1.54, 1.807) is 4.90 Å². The first-order valence-corrected chi connectivity index (χ1v) is 9.31. The Morgan fingerprint density at radius 2 is 1.77 bits per heavy atom. The van der Waals surface area contributed by atoms with Gasteiger partial charge in [0.1, 0.15) is 5.60 Å². The van der Waals surface area contributed by atoms with Gasteiger partial charge in [0.2, 0.25) is 0 Å². The fraction of sp³-hybridized carbons (Fsp3) is 0.938. The van der Waals surface area contributed by atoms with Gasteiger partial charge in [-0.15, -0.1) is 0 Å². The maximum absolute atomic E-state index is 12.2. The molecule has 0 aromatic carbocycles. The summed E-state index contributed by atoms with van der Waals surface area (Å²) in [6.07, 6.45) is 2.39. The van der Waals surface area contributed by atoms with E-state index < -0.39 is 5.60 Å². The van der Waals surface area contributed by atoms with Gasteiger partial charge < -0.3 is 19.1 Å². The van der Waals surface area contributed by atoms with Gasteiger partial charge >= 0.3 is 6.09 Å². The van der Waals surface area contributed by atoms with Gasteiger partial charge in [-0.3, -0.25) is 0 Å². The Labute approximate surface area is 147 Å². The third-order valence-electron chi connectivity index (χ3n) is 3.87. The molecule has 128 valence electrons. The molecule has 0 bridgehead atoms. The summed E-state index contributed by atoms with van der Waals surface area (Å²) in [5.41, 5.74) is -0.456. The number of rotatable bonds is 2. The van der Waals surface area contributed by atoms with Crippen LogP contribution in [-0.4, -0.2) is 58.0 Å². The molecule has 0 aliphatic carbocycles. The lowest BCUT2D eigenvalue weighted by molar-refractivity contribution is -0.117. The minimum Gasteiger partial charge on any atom is -0.444 e. The molecule has 6 heteroatoms. The molecule has 2 saturated heterocycles. The lowest BCUT2D eigenvalue weighted by Crippen LogP contribution is -2.39. The van der Waals surface area contributed by atoms with Crippen LogP contribution >= 0.6 is 22.6 Å². The van der Waals surface area contributed by atoms with Crippen LogP contribution in [0.1, 0.15) is 47.5 Å². The van der Waals surface area contributed by atoms with E-state index in [0.717, 1.165) is 12.8 Å². The van der Waals surface area contributed by atoms with Gasteiger partial charge in [-0.05, 0) is 47.5 Å². The van der Waals surface area contributed by atoms with Crippen molar-refractivity contribution in [1.82, 2.24) is 4.90 Å². The zero-order chi connectivity index (χ0) is 16.5. The Morgan fingerprint density at radius 1 is 1.18 bits per heavy atom. The summed E-state index contributed by atoms with van der Waals surface area (Å²) in [5.74, 6) is 0. The molecule has 0 radical (unpaired) electrons. The summed E-state index contributed by atoms with van der Waals surface area (Å²) in [6.45, 7) is 11.2. The second-order valence-corrected chi connectivity index (χ2v) is 9.03. The molecule has 2 aliphatic rings. The number of amides is 1. The summed E-state index contributed by atoms with van der Waals surface area (Å²) in [5, 5.41) is 0. The van der Waals surface area contributed by atoms with Gasteiger partial charge in [0.05, 0.1) is 34.9 Å². The number of nitrogens with zero attached hydrogens (tertiary/aromatic N) is 1. The second kappa shape index (κ2) is 7.21. The van der Waals surface area contributed by atoms with E-state index in [-0.39, 0.29) is 30.5 Å². The van der Waals surface area contributed by atoms with Crippen LogP contribution in [0.4, 0.5) is 4.79 Å². The summed E-state index contributed by atoms with van der Waals surface area (Å²) >= 11 is 2.38. The fourth-order valence-electron chi connectivity index (χ4n) is 3.04. The Kier molecular flexibility index (Phi) is 5.99. The van der Waals surface area contributed by atoms with Gasteiger partial charge in [-0.25, -0.2) is 4.79 Å². The van der Waals surface area contributed by atoms with E-state index in [0.29, 0.717) is 17.0 Å². The van der Waals surface area contributed by atoms with E-state index >= 15 is 0 Å². The summed E-state index contributed by atoms with van der Waals surface area (Å²) < 4.78 is 17.8. The van der Waals surface area contributed by atoms with Crippen LogP contribution in [0.3, 0.4) is 0 Å². The summed E-state index contributed by atoms with van der Waals surface area (Å²) in [6, 6.07) is 0. The second-order valence-electron chi connectivity index (χ2n) is 7.43. The zero-order valence-electron chi connectivity index (χ0n) is 14.2. The van der Waals surface area contributed by atoms with Crippen molar-refractivity contribution in [2.45, 2.75) is 81.4 Å². The molecular formula is C16H28INO4. The molecule has 0 spiro atoms. The van der Waals surface area contributed by atoms with Crippen LogP contribution in [0.15, 0.2) is 0 Å². The highest BCUT2D eigenvalue weighted by atomic mass is 127. The van der Waals surface area contributed by atoms with Crippen LogP contribution in [0.25, 0.3) is 0 Å². The number of hydrogen-bond acceptors (Lipinski definition) is 4. The monoisotopic (exact) mass is 425 g/mol. The van der Waals surface area contributed by atoms with E-state index in [1.165, 1.54) is 0 Å². The van der Waals surface area contributed by atoms with Crippen molar-refractivity contribution in [3.63, 3.8) is 0 Å². The molecule has 0 N–H and O–H groups in total. The summed E-state index contributed by atoms with van der Waals surface area (Å²) in [4.78, 5) is 13.9. The molecule has 22 heavy (non-hydrogen) atoms. The maximum Gasteiger partial charge on any atom is 0.410 e. The predicted octanol–water partition coefficient (Wildman–Crippen LogP) is 3.38. The topological polar surface area (TPSA) is 48.0 Å². The Balaban J connectivity index is 1.87. The van der Waals surface area contributed by atoms with Crippen molar-refractivity contribution in [3.8, 4) is 0 Å². The number of carbonyl (C=O) groups is 1. The Hall–Kier alpha value is -0.0800. The number of carbonyl (C=O) groups excluding carboxylic acids is 1. The van der Waals surface area contributed by atoms with E-state index in [9.17, 15) is 4.79 Å². The molecule has 2 aliphatic heterocycles. The molecule has 1 amide bonds. The van der Waals surface area contributed by atoms with Crippen molar-refractivity contribution in [3.05, 3.63) is 0 Å². The molecule has 2 heterocycles. The number of hydrogen-bond donors (Lipinski definition) is 0. The lowest BCUT2D eigenvalue weighted by atomic mass is 10.0. The van der Waals surface area contributed by atoms with Crippen molar-refractivity contribution in [2.75, 3.05) is 13.1 Å². The minimum atomic E-state index is -0.456. The number of halogens is 1. The first-order valence-electron chi connectivity index (χ1n) is 8.07. The molecule has 2 fully saturated rings. The highest BCUT2D eigenvalue weighted by Crippen LogP contribution is 2.28. The predicted molar refractivity (Wildman–Crippen MR) is 93.5 cm³/mol. The van der Waals surface area contributed by atoms with E-state index in [2.05, 4.69) is 36.4 Å². The van der Waals surface area contributed by atoms with Gasteiger partial charge in [0.25, 0.3) is 0 Å². The minimum absolute atomic E-state index is 0.0793. The standard InChI is InChI=1S/C16H28INO4/c1-10-6-12(7-11(2)20-10)21-14-9-18(8-13(14)17)15(19)22-16(3,4)5/h10-14H,6-9H2,1-5H3. The highest BCUT2D eigenvalue weighted by Gasteiger charge is 2.38. The molecular weight excluding hydrogens is 397 g/mol. The van der Waals surface area contributed by atoms with Gasteiger partial charge in [0.15, 0.2) is 0 Å². The normalized spacial score (nSPS) is 36.5. The molecule has 0 saturated carbocycles. The van der Waals surface area contributed by atoms with Crippen LogP contribution in [0.2, 0.25) is 0 Å². The molecule has 0 aromatic heterocycles. The third-order valence-corrected chi connectivity index (χ3v) is 5.07. The Morgan fingerprint density at radius 3 is 2.32 bits per heavy atom. The number of likely N-dealkylation sites (tertiary alicyclic amines) is 1. The van der Waals surface area contributed by atoms with Crippen LogP contribution in [-0.2, 0) is 14.2 Å². The average Bonchev–Trinajstić information content (AvgIpc) is 2.67. The van der Waals surface area contributed by atoms with Crippen LogP contribution < -0.4 is 0 Å². The Bertz CT molecular complexity index is 388. The SMILES string of the molecule is CC1CC(OC2CN(C(=O)OC(C)(C)C)CC2I)CC(C)O1. The van der Waals surface area contributed by atoms with Crippen molar-refractivity contribution < 1.29 is 19.0 Å². The van der Waals surface area contributed by atoms with Crippen LogP contribution in [0.5, 0.6) is 0 Å². The maximum atomic E-state index is 12.2. The van der Waals surface area contributed by atoms with Crippen molar-refractivity contribution in [2.24, 2.45) is 0 Å². The van der Waals surface area contributed by atoms with Crippen LogP contribution in [0, 0.1) is 0 Å². The van der Waals surface area contributed by atoms with E-state index in [1.807, 2.05) is 20.8 Å². The fourth-order valence-corrected chi connectivity index (χ4v) is 3.91. The first-order chi connectivity index (χ1) is 10.1. The zero-order valence-corrected chi connectivity index (χ0v) is 16.3. The van der Waals surface area contributed by atoms with Gasteiger partial charge in [-0.2, -0.15) is 0 Å². The molecule has 0 aromatic rings. The number of ether oxygens (including phenoxy) is 3. The quantitative estimate of drug-likeness (QED) is 0.503. The van der Waals surface area contributed by atoms with Crippen molar-refractivity contribution >= 4 is 28.7 Å². The molecule has 4 unspecified atom stereocenters.